The van der Waals surface area contributed by atoms with Crippen molar-refractivity contribution < 1.29 is 8.42 Å². The summed E-state index contributed by atoms with van der Waals surface area (Å²) in [5.74, 6) is 0. The van der Waals surface area contributed by atoms with Crippen LogP contribution in [-0.4, -0.2) is 31.2 Å². The predicted molar refractivity (Wildman–Crippen MR) is 43.6 cm³/mol. The Morgan fingerprint density at radius 3 is 2.18 bits per heavy atom. The van der Waals surface area contributed by atoms with E-state index in [0.29, 0.717) is 25.9 Å². The van der Waals surface area contributed by atoms with Gasteiger partial charge >= 0.3 is 0 Å². The van der Waals surface area contributed by atoms with Crippen LogP contribution in [0.5, 0.6) is 0 Å². The van der Waals surface area contributed by atoms with Gasteiger partial charge in [0.15, 0.2) is 0 Å². The number of rotatable bonds is 1. The standard InChI is InChI=1S/C5H11ClN2O2S/c6-5-1-3-8(4-2-5)11(7,9)10/h5H,1-4H2,(H2,7,9,10). The minimum Gasteiger partial charge on any atom is -0.216 e. The van der Waals surface area contributed by atoms with E-state index in [1.807, 2.05) is 0 Å². The molecule has 1 heterocycles. The molecular formula is C5H11ClN2O2S. The second-order valence-electron chi connectivity index (χ2n) is 2.62. The van der Waals surface area contributed by atoms with Crippen molar-refractivity contribution in [1.29, 1.82) is 0 Å². The summed E-state index contributed by atoms with van der Waals surface area (Å²) in [5, 5.41) is 5.02. The number of nitrogens with zero attached hydrogens (tertiary/aromatic N) is 1. The largest absolute Gasteiger partial charge is 0.276 e. The van der Waals surface area contributed by atoms with E-state index in [2.05, 4.69) is 0 Å². The molecule has 0 aromatic carbocycles. The first-order chi connectivity index (χ1) is 5.00. The Kier molecular flexibility index (Phi) is 2.74. The monoisotopic (exact) mass is 198 g/mol. The van der Waals surface area contributed by atoms with Gasteiger partial charge in [-0.2, -0.15) is 12.7 Å². The Morgan fingerprint density at radius 1 is 1.36 bits per heavy atom. The van der Waals surface area contributed by atoms with Crippen LogP contribution < -0.4 is 5.14 Å². The minimum absolute atomic E-state index is 0.105. The molecule has 1 rings (SSSR count). The number of halogens is 1. The number of piperidine rings is 1. The quantitative estimate of drug-likeness (QED) is 0.598. The SMILES string of the molecule is NS(=O)(=O)N1CCC(Cl)CC1. The average molecular weight is 199 g/mol. The van der Waals surface area contributed by atoms with Gasteiger partial charge in [-0.3, -0.25) is 0 Å². The molecule has 0 saturated carbocycles. The molecule has 6 heteroatoms. The third kappa shape index (κ3) is 2.59. The topological polar surface area (TPSA) is 63.4 Å². The highest BCUT2D eigenvalue weighted by molar-refractivity contribution is 7.86. The maximum Gasteiger partial charge on any atom is 0.276 e. The minimum atomic E-state index is -3.47. The smallest absolute Gasteiger partial charge is 0.216 e. The van der Waals surface area contributed by atoms with Crippen molar-refractivity contribution >= 4 is 21.8 Å². The summed E-state index contributed by atoms with van der Waals surface area (Å²) in [6.45, 7) is 0.903. The van der Waals surface area contributed by atoms with Crippen molar-refractivity contribution in [2.45, 2.75) is 18.2 Å². The van der Waals surface area contributed by atoms with Gasteiger partial charge in [-0.15, -0.1) is 11.6 Å². The van der Waals surface area contributed by atoms with Crippen molar-refractivity contribution in [1.82, 2.24) is 4.31 Å². The van der Waals surface area contributed by atoms with Crippen LogP contribution in [0.3, 0.4) is 0 Å². The lowest BCUT2D eigenvalue weighted by molar-refractivity contribution is 0.350. The highest BCUT2D eigenvalue weighted by Gasteiger charge is 2.23. The van der Waals surface area contributed by atoms with Crippen LogP contribution in [0.25, 0.3) is 0 Å². The molecule has 1 aliphatic rings. The first-order valence-electron chi connectivity index (χ1n) is 3.42. The van der Waals surface area contributed by atoms with Gasteiger partial charge < -0.3 is 0 Å². The van der Waals surface area contributed by atoms with Gasteiger partial charge in [0.05, 0.1) is 0 Å². The lowest BCUT2D eigenvalue weighted by Crippen LogP contribution is -2.42. The molecule has 1 fully saturated rings. The Bertz CT molecular complexity index is 221. The molecule has 0 aromatic rings. The molecule has 11 heavy (non-hydrogen) atoms. The van der Waals surface area contributed by atoms with Gasteiger partial charge in [-0.05, 0) is 12.8 Å². The van der Waals surface area contributed by atoms with E-state index in [0.717, 1.165) is 0 Å². The fraction of sp³-hybridized carbons (Fsp3) is 1.00. The summed E-state index contributed by atoms with van der Waals surface area (Å²) in [7, 11) is -3.47. The van der Waals surface area contributed by atoms with Crippen LogP contribution in [0.15, 0.2) is 0 Å². The van der Waals surface area contributed by atoms with Gasteiger partial charge in [0, 0.05) is 18.5 Å². The van der Waals surface area contributed by atoms with E-state index < -0.39 is 10.2 Å². The molecule has 0 bridgehead atoms. The summed E-state index contributed by atoms with van der Waals surface area (Å²) in [4.78, 5) is 0. The second kappa shape index (κ2) is 3.26. The zero-order valence-electron chi connectivity index (χ0n) is 6.03. The van der Waals surface area contributed by atoms with E-state index in [4.69, 9.17) is 16.7 Å². The van der Waals surface area contributed by atoms with E-state index in [9.17, 15) is 8.42 Å². The summed E-state index contributed by atoms with van der Waals surface area (Å²) in [5.41, 5.74) is 0. The molecule has 0 radical (unpaired) electrons. The molecule has 2 N–H and O–H groups in total. The normalized spacial score (nSPS) is 23.8. The van der Waals surface area contributed by atoms with Crippen LogP contribution in [0, 0.1) is 0 Å². The third-order valence-corrected chi connectivity index (χ3v) is 3.26. The molecule has 0 aromatic heterocycles. The fourth-order valence-corrected chi connectivity index (χ4v) is 1.99. The number of nitrogens with two attached hydrogens (primary N) is 1. The van der Waals surface area contributed by atoms with E-state index in [1.54, 1.807) is 0 Å². The molecule has 0 spiro atoms. The molecule has 66 valence electrons. The number of hydrogen-bond acceptors (Lipinski definition) is 2. The predicted octanol–water partition coefficient (Wildman–Crippen LogP) is -0.107. The third-order valence-electron chi connectivity index (χ3n) is 1.74. The summed E-state index contributed by atoms with van der Waals surface area (Å²) in [6, 6.07) is 0. The van der Waals surface area contributed by atoms with Crippen molar-refractivity contribution in [2.75, 3.05) is 13.1 Å². The van der Waals surface area contributed by atoms with E-state index in [-0.39, 0.29) is 5.38 Å². The van der Waals surface area contributed by atoms with Crippen LogP contribution in [0.4, 0.5) is 0 Å². The summed E-state index contributed by atoms with van der Waals surface area (Å²) < 4.78 is 22.8. The van der Waals surface area contributed by atoms with Crippen LogP contribution >= 0.6 is 11.6 Å². The lowest BCUT2D eigenvalue weighted by atomic mass is 10.2. The fourth-order valence-electron chi connectivity index (χ4n) is 1.08. The molecular weight excluding hydrogens is 188 g/mol. The van der Waals surface area contributed by atoms with Crippen molar-refractivity contribution in [3.05, 3.63) is 0 Å². The van der Waals surface area contributed by atoms with Gasteiger partial charge in [0.1, 0.15) is 0 Å². The summed E-state index contributed by atoms with van der Waals surface area (Å²) in [6.07, 6.45) is 1.38. The molecule has 1 saturated heterocycles. The van der Waals surface area contributed by atoms with Gasteiger partial charge in [-0.25, -0.2) is 5.14 Å². The van der Waals surface area contributed by atoms with Crippen LogP contribution in [0.2, 0.25) is 0 Å². The Labute approximate surface area is 71.5 Å². The van der Waals surface area contributed by atoms with Crippen LogP contribution in [0.1, 0.15) is 12.8 Å². The highest BCUT2D eigenvalue weighted by atomic mass is 35.5. The van der Waals surface area contributed by atoms with Gasteiger partial charge in [0.25, 0.3) is 10.2 Å². The van der Waals surface area contributed by atoms with Crippen LogP contribution in [-0.2, 0) is 10.2 Å². The average Bonchev–Trinajstić information content (AvgIpc) is 1.86. The lowest BCUT2D eigenvalue weighted by Gasteiger charge is -2.26. The first kappa shape index (κ1) is 9.25. The highest BCUT2D eigenvalue weighted by Crippen LogP contribution is 2.16. The molecule has 4 nitrogen and oxygen atoms in total. The zero-order chi connectivity index (χ0) is 8.48. The van der Waals surface area contributed by atoms with E-state index in [1.165, 1.54) is 4.31 Å². The number of alkyl halides is 1. The Balaban J connectivity index is 2.53. The molecule has 0 unspecified atom stereocenters. The first-order valence-corrected chi connectivity index (χ1v) is 5.36. The number of hydrogen-bond donors (Lipinski definition) is 1. The summed E-state index contributed by atoms with van der Waals surface area (Å²) >= 11 is 5.77. The molecule has 1 aliphatic heterocycles. The molecule has 0 aliphatic carbocycles. The van der Waals surface area contributed by atoms with Crippen molar-refractivity contribution in [3.8, 4) is 0 Å². The maximum atomic E-state index is 10.8. The molecule has 0 atom stereocenters. The zero-order valence-corrected chi connectivity index (χ0v) is 7.61. The Morgan fingerprint density at radius 2 is 1.82 bits per heavy atom. The van der Waals surface area contributed by atoms with Gasteiger partial charge in [-0.1, -0.05) is 0 Å². The maximum absolute atomic E-state index is 10.8. The molecule has 0 amide bonds. The van der Waals surface area contributed by atoms with Crippen molar-refractivity contribution in [2.24, 2.45) is 5.14 Å². The Hall–Kier alpha value is 0.160. The second-order valence-corrected chi connectivity index (χ2v) is 4.78. The van der Waals surface area contributed by atoms with Gasteiger partial charge in [0.2, 0.25) is 0 Å². The van der Waals surface area contributed by atoms with Crippen molar-refractivity contribution in [3.63, 3.8) is 0 Å². The van der Waals surface area contributed by atoms with E-state index >= 15 is 0 Å².